The van der Waals surface area contributed by atoms with Crippen molar-refractivity contribution in [2.75, 3.05) is 31.8 Å². The number of methoxy groups -OCH3 is 2. The van der Waals surface area contributed by atoms with Crippen LogP contribution >= 0.6 is 23.1 Å². The molecule has 0 saturated carbocycles. The fourth-order valence-corrected chi connectivity index (χ4v) is 5.37. The van der Waals surface area contributed by atoms with Crippen molar-refractivity contribution in [3.8, 4) is 22.8 Å². The van der Waals surface area contributed by atoms with Crippen LogP contribution in [0.15, 0.2) is 65.1 Å². The molecule has 9 nitrogen and oxygen atoms in total. The average Bonchev–Trinajstić information content (AvgIpc) is 3.40. The van der Waals surface area contributed by atoms with Crippen LogP contribution < -0.4 is 14.8 Å². The lowest BCUT2D eigenvalue weighted by Crippen LogP contribution is -2.38. The zero-order chi connectivity index (χ0) is 27.8. The first-order chi connectivity index (χ1) is 18.8. The Bertz CT molecular complexity index is 1400. The highest BCUT2D eigenvalue weighted by Gasteiger charge is 2.21. The Kier molecular flexibility index (Phi) is 9.50. The van der Waals surface area contributed by atoms with E-state index in [2.05, 4.69) is 15.3 Å². The van der Waals surface area contributed by atoms with E-state index in [-0.39, 0.29) is 30.7 Å². The Morgan fingerprint density at radius 2 is 1.54 bits per heavy atom. The normalized spacial score (nSPS) is 10.7. The molecule has 0 aliphatic carbocycles. The molecule has 2 aromatic heterocycles. The van der Waals surface area contributed by atoms with Crippen molar-refractivity contribution in [3.63, 3.8) is 0 Å². The van der Waals surface area contributed by atoms with Crippen molar-refractivity contribution >= 4 is 40.6 Å². The second-order valence-electron chi connectivity index (χ2n) is 8.60. The lowest BCUT2D eigenvalue weighted by molar-refractivity contribution is -0.132. The van der Waals surface area contributed by atoms with E-state index in [4.69, 9.17) is 14.5 Å². The molecule has 0 spiro atoms. The van der Waals surface area contributed by atoms with Crippen LogP contribution in [0.1, 0.15) is 16.4 Å². The van der Waals surface area contributed by atoms with Crippen LogP contribution in [0.25, 0.3) is 11.3 Å². The minimum absolute atomic E-state index is 0.0927. The summed E-state index contributed by atoms with van der Waals surface area (Å²) in [6.07, 6.45) is 0. The van der Waals surface area contributed by atoms with Crippen molar-refractivity contribution in [3.05, 3.63) is 76.4 Å². The number of carbonyl (C=O) groups is 2. The molecule has 0 fully saturated rings. The molecule has 0 saturated heterocycles. The molecule has 39 heavy (non-hydrogen) atoms. The number of amides is 2. The summed E-state index contributed by atoms with van der Waals surface area (Å²) in [6.45, 7) is 3.85. The van der Waals surface area contributed by atoms with Gasteiger partial charge in [0.2, 0.25) is 11.8 Å². The summed E-state index contributed by atoms with van der Waals surface area (Å²) >= 11 is 2.69. The molecule has 2 heterocycles. The Hall–Kier alpha value is -3.96. The number of nitrogens with zero attached hydrogens (tertiary/aromatic N) is 4. The van der Waals surface area contributed by atoms with Gasteiger partial charge in [-0.25, -0.2) is 15.0 Å². The number of carbonyl (C=O) groups excluding carboxylic acids is 2. The molecule has 202 valence electrons. The molecule has 2 amide bonds. The highest BCUT2D eigenvalue weighted by atomic mass is 32.2. The summed E-state index contributed by atoms with van der Waals surface area (Å²) in [5, 5.41) is 6.03. The maximum Gasteiger partial charge on any atom is 0.244 e. The minimum atomic E-state index is -0.312. The Morgan fingerprint density at radius 3 is 2.15 bits per heavy atom. The SMILES string of the molecule is COc1ccc(NC(=O)CN(Cc2nc(-c3ccc(OC)cc3)cs2)C(=O)CSc2nc(C)cc(C)n2)cc1. The third kappa shape index (κ3) is 8.01. The first-order valence-electron chi connectivity index (χ1n) is 12.1. The number of aromatic nitrogens is 3. The van der Waals surface area contributed by atoms with Gasteiger partial charge in [-0.1, -0.05) is 11.8 Å². The molecule has 4 aromatic rings. The van der Waals surface area contributed by atoms with Crippen LogP contribution in [-0.2, 0) is 16.1 Å². The van der Waals surface area contributed by atoms with Gasteiger partial charge >= 0.3 is 0 Å². The van der Waals surface area contributed by atoms with Crippen LogP contribution in [0.3, 0.4) is 0 Å². The molecule has 0 radical (unpaired) electrons. The van der Waals surface area contributed by atoms with Crippen molar-refractivity contribution in [1.29, 1.82) is 0 Å². The number of benzene rings is 2. The third-order valence-electron chi connectivity index (χ3n) is 5.61. The predicted octanol–water partition coefficient (Wildman–Crippen LogP) is 4.99. The van der Waals surface area contributed by atoms with E-state index in [0.717, 1.165) is 33.4 Å². The summed E-state index contributed by atoms with van der Waals surface area (Å²) in [7, 11) is 3.20. The molecule has 0 aliphatic heterocycles. The van der Waals surface area contributed by atoms with Gasteiger partial charge in [0.15, 0.2) is 5.16 Å². The van der Waals surface area contributed by atoms with Crippen molar-refractivity contribution in [1.82, 2.24) is 19.9 Å². The van der Waals surface area contributed by atoms with E-state index in [1.807, 2.05) is 49.6 Å². The number of hydrogen-bond acceptors (Lipinski definition) is 9. The number of ether oxygens (including phenoxy) is 2. The van der Waals surface area contributed by atoms with Crippen LogP contribution in [0.2, 0.25) is 0 Å². The maximum atomic E-state index is 13.3. The van der Waals surface area contributed by atoms with E-state index in [1.165, 1.54) is 28.0 Å². The van der Waals surface area contributed by atoms with E-state index in [1.54, 1.807) is 38.5 Å². The van der Waals surface area contributed by atoms with Crippen LogP contribution in [0.5, 0.6) is 11.5 Å². The largest absolute Gasteiger partial charge is 0.497 e. The van der Waals surface area contributed by atoms with Crippen molar-refractivity contribution in [2.45, 2.75) is 25.5 Å². The van der Waals surface area contributed by atoms with E-state index >= 15 is 0 Å². The fraction of sp³-hybridized carbons (Fsp3) is 0.250. The number of rotatable bonds is 11. The Labute approximate surface area is 235 Å². The topological polar surface area (TPSA) is 107 Å². The molecular formula is C28H29N5O4S2. The molecule has 0 unspecified atom stereocenters. The zero-order valence-electron chi connectivity index (χ0n) is 22.1. The maximum absolute atomic E-state index is 13.3. The number of aryl methyl sites for hydroxylation is 2. The summed E-state index contributed by atoms with van der Waals surface area (Å²) < 4.78 is 10.4. The van der Waals surface area contributed by atoms with Gasteiger partial charge in [0.1, 0.15) is 23.1 Å². The molecule has 11 heteroatoms. The quantitative estimate of drug-likeness (QED) is 0.201. The molecule has 2 aromatic carbocycles. The van der Waals surface area contributed by atoms with E-state index < -0.39 is 0 Å². The Morgan fingerprint density at radius 1 is 0.923 bits per heavy atom. The molecule has 1 N–H and O–H groups in total. The number of anilines is 1. The molecular weight excluding hydrogens is 534 g/mol. The standard InChI is InChI=1S/C28H29N5O4S2/c1-18-13-19(2)30-28(29-18)39-17-27(35)33(14-25(34)31-21-7-11-23(37-4)12-8-21)15-26-32-24(16-38-26)20-5-9-22(36-3)10-6-20/h5-13,16H,14-15,17H2,1-4H3,(H,31,34). The zero-order valence-corrected chi connectivity index (χ0v) is 23.8. The van der Waals surface area contributed by atoms with Crippen molar-refractivity contribution in [2.24, 2.45) is 0 Å². The van der Waals surface area contributed by atoms with Gasteiger partial charge in [-0.3, -0.25) is 9.59 Å². The smallest absolute Gasteiger partial charge is 0.244 e. The molecule has 0 aliphatic rings. The van der Waals surface area contributed by atoms with Gasteiger partial charge in [-0.2, -0.15) is 0 Å². The second kappa shape index (κ2) is 13.2. The highest BCUT2D eigenvalue weighted by molar-refractivity contribution is 7.99. The predicted molar refractivity (Wildman–Crippen MR) is 153 cm³/mol. The van der Waals surface area contributed by atoms with E-state index in [0.29, 0.717) is 16.6 Å². The molecule has 0 atom stereocenters. The van der Waals surface area contributed by atoms with Crippen LogP contribution in [-0.4, -0.2) is 58.2 Å². The first kappa shape index (κ1) is 28.1. The fourth-order valence-electron chi connectivity index (χ4n) is 3.70. The molecule has 4 rings (SSSR count). The third-order valence-corrected chi connectivity index (χ3v) is 7.28. The van der Waals surface area contributed by atoms with Gasteiger partial charge in [0.25, 0.3) is 0 Å². The van der Waals surface area contributed by atoms with Crippen LogP contribution in [0, 0.1) is 13.8 Å². The highest BCUT2D eigenvalue weighted by Crippen LogP contribution is 2.25. The number of hydrogen-bond donors (Lipinski definition) is 1. The van der Waals surface area contributed by atoms with Gasteiger partial charge < -0.3 is 19.7 Å². The van der Waals surface area contributed by atoms with Gasteiger partial charge in [-0.05, 0) is 68.4 Å². The van der Waals surface area contributed by atoms with Crippen molar-refractivity contribution < 1.29 is 19.1 Å². The first-order valence-corrected chi connectivity index (χ1v) is 13.9. The lowest BCUT2D eigenvalue weighted by atomic mass is 10.2. The number of thiazole rings is 1. The van der Waals surface area contributed by atoms with Crippen LogP contribution in [0.4, 0.5) is 5.69 Å². The average molecular weight is 564 g/mol. The monoisotopic (exact) mass is 563 g/mol. The molecule has 0 bridgehead atoms. The summed E-state index contributed by atoms with van der Waals surface area (Å²) in [6, 6.07) is 16.5. The Balaban J connectivity index is 1.48. The number of thioether (sulfide) groups is 1. The second-order valence-corrected chi connectivity index (χ2v) is 10.5. The van der Waals surface area contributed by atoms with Gasteiger partial charge in [-0.15, -0.1) is 11.3 Å². The minimum Gasteiger partial charge on any atom is -0.497 e. The number of nitrogens with one attached hydrogen (secondary N) is 1. The lowest BCUT2D eigenvalue weighted by Gasteiger charge is -2.21. The van der Waals surface area contributed by atoms with E-state index in [9.17, 15) is 9.59 Å². The van der Waals surface area contributed by atoms with Gasteiger partial charge in [0, 0.05) is 28.0 Å². The summed E-state index contributed by atoms with van der Waals surface area (Å²) in [5.74, 6) is 1.02. The summed E-state index contributed by atoms with van der Waals surface area (Å²) in [5.41, 5.74) is 4.02. The summed E-state index contributed by atoms with van der Waals surface area (Å²) in [4.78, 5) is 41.3. The van der Waals surface area contributed by atoms with Gasteiger partial charge in [0.05, 0.1) is 32.2 Å².